The van der Waals surface area contributed by atoms with Gasteiger partial charge in [0, 0.05) is 28.4 Å². The van der Waals surface area contributed by atoms with Crippen molar-refractivity contribution in [3.05, 3.63) is 0 Å². The lowest BCUT2D eigenvalue weighted by Crippen LogP contribution is -2.18. The van der Waals surface area contributed by atoms with Gasteiger partial charge in [0.2, 0.25) is 0 Å². The Kier molecular flexibility index (Phi) is 14.6. The lowest BCUT2D eigenvalue weighted by atomic mass is 9.96. The molecule has 4 nitrogen and oxygen atoms in total. The van der Waals surface area contributed by atoms with Crippen molar-refractivity contribution in [1.29, 1.82) is 0 Å². The van der Waals surface area contributed by atoms with Crippen LogP contribution in [0.25, 0.3) is 0 Å². The second-order valence-corrected chi connectivity index (χ2v) is 7.86. The summed E-state index contributed by atoms with van der Waals surface area (Å²) >= 11 is 0. The third-order valence-electron chi connectivity index (χ3n) is 5.76. The number of hydrogen-bond acceptors (Lipinski definition) is 4. The maximum absolute atomic E-state index is 5.19. The molecular weight excluding hydrogens is 328 g/mol. The highest BCUT2D eigenvalue weighted by molar-refractivity contribution is 4.71. The van der Waals surface area contributed by atoms with E-state index in [1.807, 2.05) is 7.11 Å². The van der Waals surface area contributed by atoms with Crippen molar-refractivity contribution in [2.75, 3.05) is 28.4 Å². The molecule has 4 aliphatic carbocycles. The normalized spacial score (nSPS) is 23.5. The molecule has 0 aromatic rings. The van der Waals surface area contributed by atoms with Gasteiger partial charge in [0.15, 0.2) is 0 Å². The van der Waals surface area contributed by atoms with Crippen molar-refractivity contribution < 1.29 is 18.9 Å². The predicted octanol–water partition coefficient (Wildman–Crippen LogP) is 5.52. The minimum Gasteiger partial charge on any atom is -0.381 e. The SMILES string of the molecule is COC1CC1.COC1CCC1.COC1CCCC1.COC1CCCCC1. The first-order chi connectivity index (χ1) is 12.7. The molecule has 0 bridgehead atoms. The molecule has 0 atom stereocenters. The van der Waals surface area contributed by atoms with E-state index >= 15 is 0 Å². The smallest absolute Gasteiger partial charge is 0.0573 e. The summed E-state index contributed by atoms with van der Waals surface area (Å²) in [7, 11) is 7.16. The molecule has 0 aromatic carbocycles. The van der Waals surface area contributed by atoms with E-state index < -0.39 is 0 Å². The Labute approximate surface area is 162 Å². The summed E-state index contributed by atoms with van der Waals surface area (Å²) in [5, 5.41) is 0. The Balaban J connectivity index is 0.000000176. The fraction of sp³-hybridized carbons (Fsp3) is 1.00. The average molecular weight is 373 g/mol. The second kappa shape index (κ2) is 15.9. The van der Waals surface area contributed by atoms with Crippen LogP contribution >= 0.6 is 0 Å². The minimum absolute atomic E-state index is 0.587. The standard InChI is InChI=1S/C7H14O.C6H12O.C5H10O.C4H8O/c1-8-7-5-3-2-4-6-7;1-7-6-4-2-3-5-6;1-6-5-3-2-4-5;1-5-4-2-3-4/h7H,2-6H2,1H3;6H,2-5H2,1H3;5H,2-4H2,1H3;4H,2-3H2,1H3. The maximum atomic E-state index is 5.19. The summed E-state index contributed by atoms with van der Waals surface area (Å²) < 4.78 is 20.1. The van der Waals surface area contributed by atoms with E-state index in [4.69, 9.17) is 18.9 Å². The van der Waals surface area contributed by atoms with Crippen molar-refractivity contribution in [1.82, 2.24) is 0 Å². The Morgan fingerprint density at radius 1 is 0.346 bits per heavy atom. The zero-order valence-corrected chi connectivity index (χ0v) is 17.8. The molecule has 4 fully saturated rings. The lowest BCUT2D eigenvalue weighted by Gasteiger charge is -2.22. The molecule has 156 valence electrons. The number of ether oxygens (including phenoxy) is 4. The van der Waals surface area contributed by atoms with E-state index in [-0.39, 0.29) is 0 Å². The molecule has 0 spiro atoms. The van der Waals surface area contributed by atoms with Crippen LogP contribution in [0.15, 0.2) is 0 Å². The van der Waals surface area contributed by atoms with Crippen LogP contribution in [0.1, 0.15) is 89.9 Å². The molecule has 0 unspecified atom stereocenters. The molecule has 4 aliphatic rings. The van der Waals surface area contributed by atoms with Crippen LogP contribution < -0.4 is 0 Å². The Morgan fingerprint density at radius 2 is 0.615 bits per heavy atom. The molecule has 0 heterocycles. The number of rotatable bonds is 4. The highest BCUT2D eigenvalue weighted by atomic mass is 16.5. The summed E-state index contributed by atoms with van der Waals surface area (Å²) in [5.74, 6) is 0. The van der Waals surface area contributed by atoms with Crippen molar-refractivity contribution in [3.8, 4) is 0 Å². The summed E-state index contributed by atoms with van der Waals surface area (Å²) in [6.07, 6.45) is 21.0. The van der Waals surface area contributed by atoms with Gasteiger partial charge in [-0.2, -0.15) is 0 Å². The third kappa shape index (κ3) is 12.3. The van der Waals surface area contributed by atoms with Crippen molar-refractivity contribution >= 4 is 0 Å². The fourth-order valence-corrected chi connectivity index (χ4v) is 3.34. The fourth-order valence-electron chi connectivity index (χ4n) is 3.34. The molecule has 0 aromatic heterocycles. The predicted molar refractivity (Wildman–Crippen MR) is 108 cm³/mol. The van der Waals surface area contributed by atoms with Crippen LogP contribution in [0.5, 0.6) is 0 Å². The molecule has 4 heteroatoms. The topological polar surface area (TPSA) is 36.9 Å². The van der Waals surface area contributed by atoms with E-state index in [1.54, 1.807) is 21.3 Å². The average Bonchev–Trinajstić information content (AvgIpc) is 3.36. The van der Waals surface area contributed by atoms with Crippen LogP contribution in [0.3, 0.4) is 0 Å². The third-order valence-corrected chi connectivity index (χ3v) is 5.76. The quantitative estimate of drug-likeness (QED) is 0.651. The second-order valence-electron chi connectivity index (χ2n) is 7.86. The van der Waals surface area contributed by atoms with E-state index in [2.05, 4.69) is 0 Å². The first-order valence-corrected chi connectivity index (χ1v) is 10.8. The van der Waals surface area contributed by atoms with Gasteiger partial charge in [-0.25, -0.2) is 0 Å². The molecule has 0 amide bonds. The van der Waals surface area contributed by atoms with Crippen LogP contribution in [-0.4, -0.2) is 52.9 Å². The van der Waals surface area contributed by atoms with Crippen LogP contribution in [0.2, 0.25) is 0 Å². The van der Waals surface area contributed by atoms with Crippen molar-refractivity contribution in [2.24, 2.45) is 0 Å². The maximum Gasteiger partial charge on any atom is 0.0573 e. The largest absolute Gasteiger partial charge is 0.381 e. The highest BCUT2D eigenvalue weighted by Crippen LogP contribution is 2.22. The van der Waals surface area contributed by atoms with E-state index in [9.17, 15) is 0 Å². The molecule has 4 saturated carbocycles. The van der Waals surface area contributed by atoms with E-state index in [1.165, 1.54) is 89.9 Å². The molecular formula is C22H44O4. The molecule has 0 aliphatic heterocycles. The number of hydrogen-bond donors (Lipinski definition) is 0. The first kappa shape index (κ1) is 23.9. The summed E-state index contributed by atoms with van der Waals surface area (Å²) in [4.78, 5) is 0. The van der Waals surface area contributed by atoms with Gasteiger partial charge >= 0.3 is 0 Å². The van der Waals surface area contributed by atoms with Gasteiger partial charge in [0.1, 0.15) is 0 Å². The zero-order chi connectivity index (χ0) is 19.0. The molecule has 0 radical (unpaired) electrons. The number of methoxy groups -OCH3 is 4. The molecule has 26 heavy (non-hydrogen) atoms. The van der Waals surface area contributed by atoms with Crippen molar-refractivity contribution in [2.45, 2.75) is 114 Å². The zero-order valence-electron chi connectivity index (χ0n) is 17.8. The van der Waals surface area contributed by atoms with Gasteiger partial charge in [-0.3, -0.25) is 0 Å². The van der Waals surface area contributed by atoms with E-state index in [0.29, 0.717) is 24.4 Å². The van der Waals surface area contributed by atoms with E-state index in [0.717, 1.165) is 0 Å². The van der Waals surface area contributed by atoms with Gasteiger partial charge in [-0.15, -0.1) is 0 Å². The minimum atomic E-state index is 0.587. The summed E-state index contributed by atoms with van der Waals surface area (Å²) in [6, 6.07) is 0. The van der Waals surface area contributed by atoms with Gasteiger partial charge in [-0.05, 0) is 57.8 Å². The van der Waals surface area contributed by atoms with Crippen LogP contribution in [-0.2, 0) is 18.9 Å². The highest BCUT2D eigenvalue weighted by Gasteiger charge is 2.19. The van der Waals surface area contributed by atoms with Crippen LogP contribution in [0, 0.1) is 0 Å². The van der Waals surface area contributed by atoms with Gasteiger partial charge < -0.3 is 18.9 Å². The molecule has 0 saturated heterocycles. The van der Waals surface area contributed by atoms with Crippen molar-refractivity contribution in [3.63, 3.8) is 0 Å². The van der Waals surface area contributed by atoms with Crippen LogP contribution in [0.4, 0.5) is 0 Å². The molecule has 4 rings (SSSR count). The summed E-state index contributed by atoms with van der Waals surface area (Å²) in [6.45, 7) is 0. The van der Waals surface area contributed by atoms with Gasteiger partial charge in [0.25, 0.3) is 0 Å². The van der Waals surface area contributed by atoms with Gasteiger partial charge in [0.05, 0.1) is 24.4 Å². The Bertz CT molecular complexity index is 288. The van der Waals surface area contributed by atoms with Gasteiger partial charge in [-0.1, -0.05) is 32.1 Å². The first-order valence-electron chi connectivity index (χ1n) is 10.8. The summed E-state index contributed by atoms with van der Waals surface area (Å²) in [5.41, 5.74) is 0. The molecule has 0 N–H and O–H groups in total. The Morgan fingerprint density at radius 3 is 0.769 bits per heavy atom. The lowest BCUT2D eigenvalue weighted by molar-refractivity contribution is 0.0412. The monoisotopic (exact) mass is 372 g/mol. The Hall–Kier alpha value is -0.160.